The third-order valence-electron chi connectivity index (χ3n) is 2.89. The second kappa shape index (κ2) is 6.41. The summed E-state index contributed by atoms with van der Waals surface area (Å²) < 4.78 is 5.19. The molecule has 3 aromatic rings. The van der Waals surface area contributed by atoms with Gasteiger partial charge in [0.05, 0.1) is 17.5 Å². The highest BCUT2D eigenvalue weighted by molar-refractivity contribution is 7.21. The molecule has 1 amide bonds. The van der Waals surface area contributed by atoms with Gasteiger partial charge in [-0.05, 0) is 32.9 Å². The summed E-state index contributed by atoms with van der Waals surface area (Å²) in [6, 6.07) is 5.38. The van der Waals surface area contributed by atoms with Crippen LogP contribution in [0.4, 0.5) is 9.93 Å². The molecular formula is C16H14N6O2S. The predicted molar refractivity (Wildman–Crippen MR) is 93.0 cm³/mol. The van der Waals surface area contributed by atoms with Gasteiger partial charge in [0.2, 0.25) is 0 Å². The number of hydrogen-bond acceptors (Lipinski definition) is 8. The molecule has 0 saturated heterocycles. The van der Waals surface area contributed by atoms with Crippen molar-refractivity contribution in [3.63, 3.8) is 0 Å². The molecule has 0 radical (unpaired) electrons. The summed E-state index contributed by atoms with van der Waals surface area (Å²) in [7, 11) is 0. The number of amides is 1. The van der Waals surface area contributed by atoms with Crippen LogP contribution in [0.25, 0.3) is 21.9 Å². The number of rotatable bonds is 2. The molecule has 0 atom stereocenters. The first-order valence-corrected chi connectivity index (χ1v) is 8.16. The topological polar surface area (TPSA) is 114 Å². The first-order valence-electron chi connectivity index (χ1n) is 7.34. The molecule has 3 aromatic heterocycles. The van der Waals surface area contributed by atoms with Crippen molar-refractivity contribution in [1.29, 1.82) is 5.26 Å². The minimum Gasteiger partial charge on any atom is -0.444 e. The van der Waals surface area contributed by atoms with E-state index in [0.717, 1.165) is 0 Å². The molecule has 0 saturated carbocycles. The van der Waals surface area contributed by atoms with Crippen LogP contribution in [-0.4, -0.2) is 31.6 Å². The third-order valence-corrected chi connectivity index (χ3v) is 3.74. The number of nitriles is 1. The molecule has 0 aliphatic heterocycles. The molecule has 0 spiro atoms. The number of hydrogen-bond donors (Lipinski definition) is 1. The molecule has 25 heavy (non-hydrogen) atoms. The van der Waals surface area contributed by atoms with Gasteiger partial charge in [-0.25, -0.2) is 14.8 Å². The standard InChI is InChI=1S/C16H14N6O2S/c1-16(2,3)24-15(23)22-14-21-12-13(25-14)20-11(8-19-12)10-5-4-9(6-17)7-18-10/h4-5,7-8H,1-3H3,(H,19,21,22,23). The van der Waals surface area contributed by atoms with Crippen molar-refractivity contribution in [3.8, 4) is 17.5 Å². The molecule has 3 rings (SSSR count). The fourth-order valence-electron chi connectivity index (χ4n) is 1.90. The van der Waals surface area contributed by atoms with Crippen LogP contribution >= 0.6 is 11.3 Å². The van der Waals surface area contributed by atoms with Crippen LogP contribution in [0, 0.1) is 11.3 Å². The van der Waals surface area contributed by atoms with Gasteiger partial charge in [0.25, 0.3) is 0 Å². The summed E-state index contributed by atoms with van der Waals surface area (Å²) in [5.41, 5.74) is 1.46. The Morgan fingerprint density at radius 3 is 2.64 bits per heavy atom. The second-order valence-electron chi connectivity index (χ2n) is 6.07. The van der Waals surface area contributed by atoms with Crippen LogP contribution in [0.2, 0.25) is 0 Å². The van der Waals surface area contributed by atoms with E-state index in [1.807, 2.05) is 6.07 Å². The molecule has 126 valence electrons. The number of aromatic nitrogens is 4. The van der Waals surface area contributed by atoms with Gasteiger partial charge in [-0.2, -0.15) is 10.2 Å². The van der Waals surface area contributed by atoms with Gasteiger partial charge in [-0.15, -0.1) is 0 Å². The van der Waals surface area contributed by atoms with Crippen LogP contribution in [0.3, 0.4) is 0 Å². The van der Waals surface area contributed by atoms with Gasteiger partial charge in [0, 0.05) is 6.20 Å². The lowest BCUT2D eigenvalue weighted by Crippen LogP contribution is -2.27. The molecule has 0 aliphatic carbocycles. The highest BCUT2D eigenvalue weighted by Gasteiger charge is 2.18. The SMILES string of the molecule is CC(C)(C)OC(=O)Nc1nc2ncc(-c3ccc(C#N)cn3)nc2s1. The summed E-state index contributed by atoms with van der Waals surface area (Å²) in [5.74, 6) is 0. The maximum Gasteiger partial charge on any atom is 0.413 e. The number of nitrogens with zero attached hydrogens (tertiary/aromatic N) is 5. The zero-order valence-corrected chi connectivity index (χ0v) is 14.6. The maximum atomic E-state index is 11.8. The average Bonchev–Trinajstić information content (AvgIpc) is 2.94. The molecule has 0 unspecified atom stereocenters. The Bertz CT molecular complexity index is 969. The molecule has 1 N–H and O–H groups in total. The van der Waals surface area contributed by atoms with E-state index in [4.69, 9.17) is 10.00 Å². The predicted octanol–water partition coefficient (Wildman–Crippen LogP) is 3.37. The number of fused-ring (bicyclic) bond motifs is 1. The van der Waals surface area contributed by atoms with Crippen molar-refractivity contribution in [3.05, 3.63) is 30.1 Å². The Morgan fingerprint density at radius 1 is 1.20 bits per heavy atom. The maximum absolute atomic E-state index is 11.8. The highest BCUT2D eigenvalue weighted by Crippen LogP contribution is 2.25. The van der Waals surface area contributed by atoms with E-state index in [1.165, 1.54) is 17.5 Å². The van der Waals surface area contributed by atoms with Crippen LogP contribution in [0.1, 0.15) is 26.3 Å². The molecule has 0 fully saturated rings. The number of pyridine rings is 1. The van der Waals surface area contributed by atoms with Gasteiger partial charge >= 0.3 is 6.09 Å². The molecule has 9 heteroatoms. The van der Waals surface area contributed by atoms with Crippen molar-refractivity contribution in [1.82, 2.24) is 19.9 Å². The number of nitrogens with one attached hydrogen (secondary N) is 1. The zero-order chi connectivity index (χ0) is 18.0. The fourth-order valence-corrected chi connectivity index (χ4v) is 2.68. The molecule has 0 bridgehead atoms. The highest BCUT2D eigenvalue weighted by atomic mass is 32.1. The lowest BCUT2D eigenvalue weighted by molar-refractivity contribution is 0.0636. The van der Waals surface area contributed by atoms with E-state index < -0.39 is 11.7 Å². The molecule has 8 nitrogen and oxygen atoms in total. The fraction of sp³-hybridized carbons (Fsp3) is 0.250. The number of carbonyl (C=O) groups is 1. The number of carbonyl (C=O) groups excluding carboxylic acids is 1. The Balaban J connectivity index is 1.84. The van der Waals surface area contributed by atoms with Gasteiger partial charge in [-0.1, -0.05) is 11.3 Å². The van der Waals surface area contributed by atoms with E-state index in [-0.39, 0.29) is 0 Å². The Kier molecular flexibility index (Phi) is 4.29. The zero-order valence-electron chi connectivity index (χ0n) is 13.8. The van der Waals surface area contributed by atoms with Crippen molar-refractivity contribution in [2.24, 2.45) is 0 Å². The minimum atomic E-state index is -0.592. The summed E-state index contributed by atoms with van der Waals surface area (Å²) in [5, 5.41) is 11.7. The molecule has 0 aliphatic rings. The average molecular weight is 354 g/mol. The van der Waals surface area contributed by atoms with Crippen molar-refractivity contribution in [2.75, 3.05) is 5.32 Å². The Labute approximate surface area is 147 Å². The first kappa shape index (κ1) is 16.7. The van der Waals surface area contributed by atoms with Gasteiger partial charge < -0.3 is 4.74 Å². The Hall–Kier alpha value is -3.12. The number of anilines is 1. The molecule has 0 aromatic carbocycles. The van der Waals surface area contributed by atoms with Crippen molar-refractivity contribution in [2.45, 2.75) is 26.4 Å². The quantitative estimate of drug-likeness (QED) is 0.750. The van der Waals surface area contributed by atoms with E-state index >= 15 is 0 Å². The summed E-state index contributed by atoms with van der Waals surface area (Å²) in [4.78, 5) is 29.5. The Morgan fingerprint density at radius 2 is 2.00 bits per heavy atom. The lowest BCUT2D eigenvalue weighted by Gasteiger charge is -2.18. The largest absolute Gasteiger partial charge is 0.444 e. The van der Waals surface area contributed by atoms with Gasteiger partial charge in [0.15, 0.2) is 15.6 Å². The van der Waals surface area contributed by atoms with Crippen LogP contribution in [0.5, 0.6) is 0 Å². The first-order chi connectivity index (χ1) is 11.8. The molecular weight excluding hydrogens is 340 g/mol. The smallest absolute Gasteiger partial charge is 0.413 e. The normalized spacial score (nSPS) is 11.1. The monoisotopic (exact) mass is 354 g/mol. The second-order valence-corrected chi connectivity index (χ2v) is 7.05. The molecule has 3 heterocycles. The summed E-state index contributed by atoms with van der Waals surface area (Å²) in [6.45, 7) is 5.35. The van der Waals surface area contributed by atoms with Crippen molar-refractivity contribution >= 4 is 33.0 Å². The van der Waals surface area contributed by atoms with E-state index in [0.29, 0.717) is 32.6 Å². The van der Waals surface area contributed by atoms with E-state index in [1.54, 1.807) is 39.1 Å². The minimum absolute atomic E-state index is 0.356. The van der Waals surface area contributed by atoms with Gasteiger partial charge in [-0.3, -0.25) is 10.3 Å². The summed E-state index contributed by atoms with van der Waals surface area (Å²) in [6.07, 6.45) is 2.44. The number of thiazole rings is 1. The van der Waals surface area contributed by atoms with Crippen molar-refractivity contribution < 1.29 is 9.53 Å². The van der Waals surface area contributed by atoms with Gasteiger partial charge in [0.1, 0.15) is 17.4 Å². The summed E-state index contributed by atoms with van der Waals surface area (Å²) >= 11 is 1.19. The number of ether oxygens (including phenoxy) is 1. The van der Waals surface area contributed by atoms with E-state index in [9.17, 15) is 4.79 Å². The third kappa shape index (κ3) is 4.05. The van der Waals surface area contributed by atoms with E-state index in [2.05, 4.69) is 25.3 Å². The lowest BCUT2D eigenvalue weighted by atomic mass is 10.2. The van der Waals surface area contributed by atoms with Crippen LogP contribution in [0.15, 0.2) is 24.5 Å². The van der Waals surface area contributed by atoms with Crippen LogP contribution < -0.4 is 5.32 Å². The van der Waals surface area contributed by atoms with Crippen LogP contribution in [-0.2, 0) is 4.74 Å².